The van der Waals surface area contributed by atoms with Crippen LogP contribution in [0.2, 0.25) is 0 Å². The summed E-state index contributed by atoms with van der Waals surface area (Å²) in [6, 6.07) is 9.35. The molecule has 3 rings (SSSR count). The van der Waals surface area contributed by atoms with Crippen molar-refractivity contribution in [1.29, 1.82) is 0 Å². The molecule has 4 nitrogen and oxygen atoms in total. The predicted octanol–water partition coefficient (Wildman–Crippen LogP) is 3.50. The molecule has 2 aliphatic heterocycles. The second kappa shape index (κ2) is 6.92. The zero-order valence-electron chi connectivity index (χ0n) is 13.4. The van der Waals surface area contributed by atoms with Gasteiger partial charge in [0.25, 0.3) is 0 Å². The Labute approximate surface area is 137 Å². The molecule has 0 unspecified atom stereocenters. The Hall–Kier alpha value is -1.20. The highest BCUT2D eigenvalue weighted by atomic mass is 32.2. The van der Waals surface area contributed by atoms with Crippen LogP contribution in [-0.2, 0) is 0 Å². The Balaban J connectivity index is 1.63. The van der Waals surface area contributed by atoms with Crippen molar-refractivity contribution in [1.82, 2.24) is 9.80 Å². The van der Waals surface area contributed by atoms with Gasteiger partial charge in [-0.3, -0.25) is 4.90 Å². The molecule has 0 radical (unpaired) electrons. The Bertz CT molecular complexity index is 536. The van der Waals surface area contributed by atoms with E-state index in [9.17, 15) is 4.79 Å². The SMILES string of the molecule is CCSc1cccc(NC(=O)N2CC[C@H]3CC[C@@H](C2)N3C)c1. The molecule has 2 atom stereocenters. The van der Waals surface area contributed by atoms with E-state index in [4.69, 9.17) is 0 Å². The van der Waals surface area contributed by atoms with Crippen molar-refractivity contribution in [3.05, 3.63) is 24.3 Å². The first kappa shape index (κ1) is 15.7. The number of fused-ring (bicyclic) bond motifs is 2. The molecule has 2 heterocycles. The summed E-state index contributed by atoms with van der Waals surface area (Å²) in [6.45, 7) is 3.85. The van der Waals surface area contributed by atoms with E-state index in [1.165, 1.54) is 17.7 Å². The molecule has 2 bridgehead atoms. The highest BCUT2D eigenvalue weighted by molar-refractivity contribution is 7.99. The van der Waals surface area contributed by atoms with E-state index >= 15 is 0 Å². The van der Waals surface area contributed by atoms with Gasteiger partial charge in [-0.15, -0.1) is 11.8 Å². The molecule has 0 aliphatic carbocycles. The summed E-state index contributed by atoms with van der Waals surface area (Å²) in [5.74, 6) is 1.04. The number of carbonyl (C=O) groups excluding carboxylic acids is 1. The van der Waals surface area contributed by atoms with Crippen molar-refractivity contribution >= 4 is 23.5 Å². The lowest BCUT2D eigenvalue weighted by Gasteiger charge is -2.26. The van der Waals surface area contributed by atoms with E-state index in [2.05, 4.69) is 36.3 Å². The van der Waals surface area contributed by atoms with Gasteiger partial charge < -0.3 is 10.2 Å². The number of hydrogen-bond acceptors (Lipinski definition) is 3. The van der Waals surface area contributed by atoms with E-state index in [-0.39, 0.29) is 6.03 Å². The first-order chi connectivity index (χ1) is 10.7. The maximum Gasteiger partial charge on any atom is 0.321 e. The minimum Gasteiger partial charge on any atom is -0.323 e. The molecular formula is C17H25N3OS. The quantitative estimate of drug-likeness (QED) is 0.866. The first-order valence-corrected chi connectivity index (χ1v) is 9.16. The molecule has 2 saturated heterocycles. The standard InChI is InChI=1S/C17H25N3OS/c1-3-22-16-6-4-5-13(11-16)18-17(21)20-10-9-14-7-8-15(12-20)19(14)2/h4-6,11,14-15H,3,7-10,12H2,1-2H3,(H,18,21)/t14-,15+/m1/s1. The van der Waals surface area contributed by atoms with Crippen molar-refractivity contribution in [2.75, 3.05) is 31.2 Å². The smallest absolute Gasteiger partial charge is 0.321 e. The van der Waals surface area contributed by atoms with Crippen molar-refractivity contribution in [2.24, 2.45) is 0 Å². The van der Waals surface area contributed by atoms with E-state index in [0.717, 1.165) is 31.0 Å². The Kier molecular flexibility index (Phi) is 4.93. The molecule has 1 aromatic rings. The van der Waals surface area contributed by atoms with Gasteiger partial charge in [-0.25, -0.2) is 4.79 Å². The Morgan fingerprint density at radius 3 is 2.95 bits per heavy atom. The molecule has 5 heteroatoms. The van der Waals surface area contributed by atoms with Gasteiger partial charge in [0.15, 0.2) is 0 Å². The van der Waals surface area contributed by atoms with Gasteiger partial charge in [-0.1, -0.05) is 13.0 Å². The molecular weight excluding hydrogens is 294 g/mol. The van der Waals surface area contributed by atoms with Crippen LogP contribution in [0.5, 0.6) is 0 Å². The number of thioether (sulfide) groups is 1. The van der Waals surface area contributed by atoms with Crippen LogP contribution >= 0.6 is 11.8 Å². The summed E-state index contributed by atoms with van der Waals surface area (Å²) in [5.41, 5.74) is 0.895. The van der Waals surface area contributed by atoms with Gasteiger partial charge >= 0.3 is 6.03 Å². The van der Waals surface area contributed by atoms with Crippen LogP contribution in [0.1, 0.15) is 26.2 Å². The topological polar surface area (TPSA) is 35.6 Å². The number of nitrogens with zero attached hydrogens (tertiary/aromatic N) is 2. The van der Waals surface area contributed by atoms with Gasteiger partial charge in [-0.05, 0) is 50.3 Å². The number of rotatable bonds is 3. The van der Waals surface area contributed by atoms with Crippen molar-refractivity contribution in [3.8, 4) is 0 Å². The average Bonchev–Trinajstić information content (AvgIpc) is 2.72. The summed E-state index contributed by atoms with van der Waals surface area (Å²) < 4.78 is 0. The summed E-state index contributed by atoms with van der Waals surface area (Å²) in [4.78, 5) is 18.2. The van der Waals surface area contributed by atoms with E-state index in [0.29, 0.717) is 12.1 Å². The van der Waals surface area contributed by atoms with Gasteiger partial charge in [0.2, 0.25) is 0 Å². The monoisotopic (exact) mass is 319 g/mol. The van der Waals surface area contributed by atoms with Gasteiger partial charge in [0.1, 0.15) is 0 Å². The highest BCUT2D eigenvalue weighted by Crippen LogP contribution is 2.29. The van der Waals surface area contributed by atoms with Gasteiger partial charge in [0, 0.05) is 35.8 Å². The van der Waals surface area contributed by atoms with Crippen molar-refractivity contribution in [3.63, 3.8) is 0 Å². The zero-order chi connectivity index (χ0) is 15.5. The van der Waals surface area contributed by atoms with Crippen LogP contribution in [0.15, 0.2) is 29.2 Å². The molecule has 22 heavy (non-hydrogen) atoms. The summed E-state index contributed by atoms with van der Waals surface area (Å²) in [5, 5.41) is 3.07. The largest absolute Gasteiger partial charge is 0.323 e. The molecule has 0 aromatic heterocycles. The molecule has 1 N–H and O–H groups in total. The van der Waals surface area contributed by atoms with Gasteiger partial charge in [-0.2, -0.15) is 0 Å². The molecule has 0 saturated carbocycles. The number of nitrogens with one attached hydrogen (secondary N) is 1. The molecule has 2 amide bonds. The number of benzene rings is 1. The van der Waals surface area contributed by atoms with Gasteiger partial charge in [0.05, 0.1) is 0 Å². The van der Waals surface area contributed by atoms with E-state index in [1.807, 2.05) is 17.0 Å². The number of likely N-dealkylation sites (tertiary alicyclic amines) is 1. The minimum absolute atomic E-state index is 0.0413. The summed E-state index contributed by atoms with van der Waals surface area (Å²) >= 11 is 1.79. The van der Waals surface area contributed by atoms with Crippen LogP contribution in [0.3, 0.4) is 0 Å². The van der Waals surface area contributed by atoms with E-state index < -0.39 is 0 Å². The van der Waals surface area contributed by atoms with Crippen LogP contribution < -0.4 is 5.32 Å². The number of amides is 2. The Morgan fingerprint density at radius 1 is 1.32 bits per heavy atom. The number of anilines is 1. The average molecular weight is 319 g/mol. The third kappa shape index (κ3) is 3.41. The van der Waals surface area contributed by atoms with Crippen LogP contribution in [0.4, 0.5) is 10.5 Å². The summed E-state index contributed by atoms with van der Waals surface area (Å²) in [6.07, 6.45) is 3.59. The highest BCUT2D eigenvalue weighted by Gasteiger charge is 2.35. The lowest BCUT2D eigenvalue weighted by Crippen LogP contribution is -2.41. The number of hydrogen-bond donors (Lipinski definition) is 1. The first-order valence-electron chi connectivity index (χ1n) is 8.18. The second-order valence-electron chi connectivity index (χ2n) is 6.18. The fraction of sp³-hybridized carbons (Fsp3) is 0.588. The second-order valence-corrected chi connectivity index (χ2v) is 7.51. The maximum atomic E-state index is 12.6. The molecule has 1 aromatic carbocycles. The lowest BCUT2D eigenvalue weighted by atomic mass is 10.1. The molecule has 2 aliphatic rings. The minimum atomic E-state index is 0.0413. The Morgan fingerprint density at radius 2 is 2.14 bits per heavy atom. The predicted molar refractivity (Wildman–Crippen MR) is 92.6 cm³/mol. The van der Waals surface area contributed by atoms with Crippen LogP contribution in [-0.4, -0.2) is 53.8 Å². The third-order valence-electron chi connectivity index (χ3n) is 4.83. The third-order valence-corrected chi connectivity index (χ3v) is 5.71. The van der Waals surface area contributed by atoms with Crippen molar-refractivity contribution in [2.45, 2.75) is 43.2 Å². The maximum absolute atomic E-state index is 12.6. The van der Waals surface area contributed by atoms with Crippen LogP contribution in [0, 0.1) is 0 Å². The molecule has 2 fully saturated rings. The summed E-state index contributed by atoms with van der Waals surface area (Å²) in [7, 11) is 2.20. The fourth-order valence-corrected chi connectivity index (χ4v) is 4.24. The van der Waals surface area contributed by atoms with Crippen molar-refractivity contribution < 1.29 is 4.79 Å². The fourth-order valence-electron chi connectivity index (χ4n) is 3.53. The van der Waals surface area contributed by atoms with E-state index in [1.54, 1.807) is 11.8 Å². The normalized spacial score (nSPS) is 25.1. The lowest BCUT2D eigenvalue weighted by molar-refractivity contribution is 0.200. The molecule has 0 spiro atoms. The zero-order valence-corrected chi connectivity index (χ0v) is 14.2. The molecule has 120 valence electrons. The van der Waals surface area contributed by atoms with Crippen LogP contribution in [0.25, 0.3) is 0 Å². The number of carbonyl (C=O) groups is 1. The number of likely N-dealkylation sites (N-methyl/N-ethyl adjacent to an activating group) is 1. The number of urea groups is 1.